The zero-order valence-electron chi connectivity index (χ0n) is 87.1. The van der Waals surface area contributed by atoms with Gasteiger partial charge in [-0.05, 0) is 277 Å². The first-order valence-corrected chi connectivity index (χ1v) is 49.0. The highest BCUT2D eigenvalue weighted by molar-refractivity contribution is 9.10. The molecule has 8 aromatic rings. The number of likely N-dealkylation sites (N-methyl/N-ethyl adjacent to an activating group) is 1. The molecular formula is C112H159BrCl5FN4O16. The summed E-state index contributed by atoms with van der Waals surface area (Å²) in [5.41, 5.74) is 22.0. The van der Waals surface area contributed by atoms with Gasteiger partial charge in [0, 0.05) is 70.9 Å². The Morgan fingerprint density at radius 3 is 0.791 bits per heavy atom. The lowest BCUT2D eigenvalue weighted by molar-refractivity contribution is -0.162. The molecule has 4 atom stereocenters. The van der Waals surface area contributed by atoms with Crippen LogP contribution in [0.2, 0.25) is 25.1 Å². The predicted molar refractivity (Wildman–Crippen MR) is 570 cm³/mol. The van der Waals surface area contributed by atoms with Crippen LogP contribution in [0.4, 0.5) is 4.39 Å². The molecular weight excluding hydrogens is 1930 g/mol. The van der Waals surface area contributed by atoms with Crippen molar-refractivity contribution in [1.29, 1.82) is 0 Å². The third-order valence-corrected chi connectivity index (χ3v) is 21.7. The van der Waals surface area contributed by atoms with Gasteiger partial charge in [0.05, 0.1) is 33.7 Å². The molecule has 0 heterocycles. The Kier molecular flexibility index (Phi) is 57.4. The van der Waals surface area contributed by atoms with Gasteiger partial charge in [-0.3, -0.25) is 43.3 Å². The van der Waals surface area contributed by atoms with Gasteiger partial charge < -0.3 is 55.1 Å². The van der Waals surface area contributed by atoms with Crippen LogP contribution in [-0.2, 0) is 128 Å². The van der Waals surface area contributed by atoms with Crippen LogP contribution in [0.3, 0.4) is 0 Å². The Labute approximate surface area is 864 Å². The molecule has 0 fully saturated rings. The average molecular weight is 2090 g/mol. The fourth-order valence-corrected chi connectivity index (χ4v) is 13.5. The summed E-state index contributed by atoms with van der Waals surface area (Å²) in [6.07, 6.45) is 5.22. The van der Waals surface area contributed by atoms with Crippen LogP contribution in [0.15, 0.2) is 199 Å². The van der Waals surface area contributed by atoms with E-state index in [1.54, 1.807) is 58.9 Å². The standard InChI is InChI=1S/C15H22ClNO2.C14H19BrO2.C14H19ClO2.C14H19FO2.C14H21NO2.C14H20O2.C13H17Cl2NO2.C13H18ClNO2.CH4/c1-11(17(4)5)14(18)19-15(2,3)10-12-6-8-13(16)9-7-12;1-10(2)13(16)17-14(3,4)9-11-5-7-12(15)8-6-11;1-10(2)13(16)17-14(3,4)9-11-6-5-7-12(15)8-11;1-10(2)13(16)17-14(3,4)9-11-5-7-12(15)8-6-11;1-10-5-7-12(8-6-10)9-14(3,4)17-13(16)11(2)15;1-11(2)13(15)16-14(3,4)10-12-8-6-5-7-9-12;1-8(16)12(17)18-13(2,3)7-9-4-5-10(14)11(15)6-9;1-9(15)12(16)17-13(2,3)8-10-4-6-11(14)7-5-10;/h6-9,11H,10H2,1-5H3;3*5-8,10H,9H2,1-4H3;5-8,11H,9,15H2,1-4H3;5-9,11H,10H2,1-4H3;4-6,8H,7,16H2,1-3H3;4-7,9H,8,15H2,1-3H3;1H4. The Bertz CT molecular complexity index is 4710. The van der Waals surface area contributed by atoms with Gasteiger partial charge in [-0.25, -0.2) is 4.39 Å². The number of carbonyl (C=O) groups excluding carboxylic acids is 8. The highest BCUT2D eigenvalue weighted by atomic mass is 79.9. The molecule has 8 aromatic carbocycles. The average Bonchev–Trinajstić information content (AvgIpc) is 0.953. The van der Waals surface area contributed by atoms with Crippen molar-refractivity contribution in [3.8, 4) is 0 Å². The number of rotatable bonds is 33. The highest BCUT2D eigenvalue weighted by Crippen LogP contribution is 2.30. The van der Waals surface area contributed by atoms with Gasteiger partial charge in [0.15, 0.2) is 0 Å². The maximum absolute atomic E-state index is 12.8. The highest BCUT2D eigenvalue weighted by Gasteiger charge is 2.33. The third kappa shape index (κ3) is 59.0. The minimum Gasteiger partial charge on any atom is -0.459 e. The monoisotopic (exact) mass is 2090 g/mol. The smallest absolute Gasteiger partial charge is 0.323 e. The normalized spacial score (nSPS) is 12.4. The number of halogens is 7. The number of nitrogens with zero attached hydrogens (tertiary/aromatic N) is 1. The van der Waals surface area contributed by atoms with Crippen molar-refractivity contribution in [2.45, 2.75) is 329 Å². The molecule has 0 aliphatic carbocycles. The molecule has 0 radical (unpaired) electrons. The van der Waals surface area contributed by atoms with Crippen LogP contribution >= 0.6 is 73.9 Å². The number of hydrogen-bond donors (Lipinski definition) is 3. The zero-order valence-corrected chi connectivity index (χ0v) is 92.5. The largest absolute Gasteiger partial charge is 0.459 e. The summed E-state index contributed by atoms with van der Waals surface area (Å²) < 4.78 is 57.2. The minimum atomic E-state index is -0.637. The maximum Gasteiger partial charge on any atom is 0.323 e. The van der Waals surface area contributed by atoms with E-state index in [2.05, 4.69) is 40.2 Å². The second-order valence-electron chi connectivity index (χ2n) is 40.8. The Hall–Kier alpha value is -8.78. The molecule has 4 unspecified atom stereocenters. The van der Waals surface area contributed by atoms with Crippen molar-refractivity contribution in [1.82, 2.24) is 4.90 Å². The predicted octanol–water partition coefficient (Wildman–Crippen LogP) is 26.1. The number of benzene rings is 8. The molecule has 0 bridgehead atoms. The van der Waals surface area contributed by atoms with Crippen LogP contribution in [-0.4, -0.2) is 136 Å². The third-order valence-electron chi connectivity index (χ3n) is 19.7. The van der Waals surface area contributed by atoms with Crippen LogP contribution < -0.4 is 17.2 Å². The molecule has 0 aromatic heterocycles. The first-order chi connectivity index (χ1) is 63.3. The van der Waals surface area contributed by atoms with Gasteiger partial charge in [0.2, 0.25) is 0 Å². The van der Waals surface area contributed by atoms with Crippen LogP contribution in [0.25, 0.3) is 0 Å². The summed E-state index contributed by atoms with van der Waals surface area (Å²) in [6.45, 7) is 53.7. The molecule has 0 saturated heterocycles. The SMILES string of the molecule is C.CC(C(=O)OC(C)(C)Cc1ccc(Cl)cc1)N(C)C.CC(C)C(=O)OC(C)(C)Cc1ccc(Br)cc1.CC(C)C(=O)OC(C)(C)Cc1ccc(F)cc1.CC(C)C(=O)OC(C)(C)Cc1cccc(Cl)c1.CC(C)C(=O)OC(C)(C)Cc1ccccc1.CC(N)C(=O)OC(C)(C)Cc1ccc(Cl)c(Cl)c1.CC(N)C(=O)OC(C)(C)Cc1ccc(Cl)cc1.Cc1ccc(CC(C)(C)OC(=O)C(C)N)cc1. The summed E-state index contributed by atoms with van der Waals surface area (Å²) in [5, 5.41) is 3.10. The number of esters is 8. The van der Waals surface area contributed by atoms with Gasteiger partial charge in [-0.15, -0.1) is 0 Å². The zero-order chi connectivity index (χ0) is 106. The van der Waals surface area contributed by atoms with E-state index in [-0.39, 0.29) is 84.7 Å². The van der Waals surface area contributed by atoms with E-state index >= 15 is 0 Å². The van der Waals surface area contributed by atoms with Crippen molar-refractivity contribution < 1.29 is 80.6 Å². The molecule has 0 spiro atoms. The molecule has 0 aliphatic rings. The van der Waals surface area contributed by atoms with E-state index in [1.807, 2.05) is 319 Å². The number of nitrogens with two attached hydrogens (primary N) is 3. The number of carbonyl (C=O) groups is 8. The number of hydrogen-bond acceptors (Lipinski definition) is 20. The van der Waals surface area contributed by atoms with Gasteiger partial charge in [-0.1, -0.05) is 264 Å². The summed E-state index contributed by atoms with van der Waals surface area (Å²) in [5.74, 6) is -2.69. The second-order valence-corrected chi connectivity index (χ2v) is 43.9. The number of ether oxygens (including phenoxy) is 8. The lowest BCUT2D eigenvalue weighted by Crippen LogP contribution is -2.40. The minimum absolute atomic E-state index is 0. The molecule has 20 nitrogen and oxygen atoms in total. The summed E-state index contributed by atoms with van der Waals surface area (Å²) in [6, 6.07) is 58.6. The first-order valence-electron chi connectivity index (χ1n) is 46.3. The second kappa shape index (κ2) is 61.3. The maximum atomic E-state index is 12.8. The Morgan fingerprint density at radius 2 is 0.525 bits per heavy atom. The van der Waals surface area contributed by atoms with Crippen LogP contribution in [0.1, 0.15) is 251 Å². The molecule has 139 heavy (non-hydrogen) atoms. The Balaban J connectivity index is 0.00000156. The van der Waals surface area contributed by atoms with Crippen molar-refractivity contribution in [2.24, 2.45) is 40.9 Å². The van der Waals surface area contributed by atoms with E-state index in [1.165, 1.54) is 23.3 Å². The van der Waals surface area contributed by atoms with Gasteiger partial charge >= 0.3 is 47.8 Å². The van der Waals surface area contributed by atoms with Gasteiger partial charge in [-0.2, -0.15) is 0 Å². The van der Waals surface area contributed by atoms with Gasteiger partial charge in [0.1, 0.15) is 74.8 Å². The topological polar surface area (TPSA) is 292 Å². The molecule has 0 aliphatic heterocycles. The fourth-order valence-electron chi connectivity index (χ4n) is 12.5. The molecule has 27 heteroatoms. The molecule has 0 amide bonds. The summed E-state index contributed by atoms with van der Waals surface area (Å²) >= 11 is 32.8. The number of aryl methyl sites for hydroxylation is 1. The van der Waals surface area contributed by atoms with E-state index in [0.717, 1.165) is 56.3 Å². The van der Waals surface area contributed by atoms with Crippen molar-refractivity contribution in [2.75, 3.05) is 14.1 Å². The van der Waals surface area contributed by atoms with E-state index in [0.29, 0.717) is 63.6 Å². The molecule has 6 N–H and O–H groups in total. The van der Waals surface area contributed by atoms with E-state index < -0.39 is 68.9 Å². The van der Waals surface area contributed by atoms with Crippen molar-refractivity contribution in [3.63, 3.8) is 0 Å². The first kappa shape index (κ1) is 130. The fraction of sp³-hybridized carbons (Fsp3) is 0.500. The summed E-state index contributed by atoms with van der Waals surface area (Å²) in [7, 11) is 3.72. The molecule has 772 valence electrons. The Morgan fingerprint density at radius 1 is 0.295 bits per heavy atom. The molecule has 0 saturated carbocycles. The molecule has 8 rings (SSSR count). The van der Waals surface area contributed by atoms with E-state index in [9.17, 15) is 42.7 Å². The quantitative estimate of drug-likeness (QED) is 0.0254. The van der Waals surface area contributed by atoms with Crippen molar-refractivity contribution in [3.05, 3.63) is 280 Å². The van der Waals surface area contributed by atoms with Crippen LogP contribution in [0.5, 0.6) is 0 Å². The van der Waals surface area contributed by atoms with Crippen molar-refractivity contribution >= 4 is 122 Å². The van der Waals surface area contributed by atoms with E-state index in [4.69, 9.17) is 113 Å². The lowest BCUT2D eigenvalue weighted by atomic mass is 9.97. The lowest BCUT2D eigenvalue weighted by Gasteiger charge is -2.28. The summed E-state index contributed by atoms with van der Waals surface area (Å²) in [4.78, 5) is 94.3. The van der Waals surface area contributed by atoms with Crippen LogP contribution in [0, 0.1) is 36.4 Å². The van der Waals surface area contributed by atoms with Gasteiger partial charge in [0.25, 0.3) is 0 Å².